The normalized spacial score (nSPS) is 15.0. The molecule has 2 amide bonds. The molecule has 1 aromatic heterocycles. The topological polar surface area (TPSA) is 62.3 Å². The van der Waals surface area contributed by atoms with Crippen molar-refractivity contribution in [2.24, 2.45) is 0 Å². The minimum atomic E-state index is -0.0995. The van der Waals surface area contributed by atoms with Gasteiger partial charge in [0, 0.05) is 31.5 Å². The van der Waals surface area contributed by atoms with Crippen LogP contribution in [0.25, 0.3) is 0 Å². The molecule has 1 N–H and O–H groups in total. The van der Waals surface area contributed by atoms with Gasteiger partial charge in [-0.15, -0.1) is 0 Å². The molecule has 2 aromatic rings. The van der Waals surface area contributed by atoms with Crippen molar-refractivity contribution in [3.05, 3.63) is 65.5 Å². The van der Waals surface area contributed by atoms with E-state index in [0.29, 0.717) is 25.1 Å². The number of hydrogen-bond donors (Lipinski definition) is 1. The van der Waals surface area contributed by atoms with Crippen molar-refractivity contribution >= 4 is 11.8 Å². The smallest absolute Gasteiger partial charge is 0.253 e. The first kappa shape index (κ1) is 17.1. The summed E-state index contributed by atoms with van der Waals surface area (Å²) >= 11 is 0. The standard InChI is InChI=1S/C20H23N3O2/c1-15-4-6-16(7-5-15)13-19(24)23-11-8-18(9-12-23)22-20(25)17-3-2-10-21-14-17/h2-7,10,14,18H,8-9,11-13H2,1H3,(H,22,25). The van der Waals surface area contributed by atoms with E-state index in [-0.39, 0.29) is 17.9 Å². The van der Waals surface area contributed by atoms with Gasteiger partial charge in [-0.05, 0) is 37.5 Å². The molecule has 1 aromatic carbocycles. The maximum absolute atomic E-state index is 12.4. The van der Waals surface area contributed by atoms with Crippen molar-refractivity contribution in [3.8, 4) is 0 Å². The molecule has 0 atom stereocenters. The summed E-state index contributed by atoms with van der Waals surface area (Å²) in [7, 11) is 0. The van der Waals surface area contributed by atoms with Crippen LogP contribution < -0.4 is 5.32 Å². The molecule has 0 spiro atoms. The van der Waals surface area contributed by atoms with Gasteiger partial charge < -0.3 is 10.2 Å². The number of aryl methyl sites for hydroxylation is 1. The lowest BCUT2D eigenvalue weighted by molar-refractivity contribution is -0.131. The van der Waals surface area contributed by atoms with E-state index in [1.165, 1.54) is 5.56 Å². The van der Waals surface area contributed by atoms with E-state index < -0.39 is 0 Å². The molecular weight excluding hydrogens is 314 g/mol. The zero-order chi connectivity index (χ0) is 17.6. The summed E-state index contributed by atoms with van der Waals surface area (Å²) in [5.41, 5.74) is 2.81. The van der Waals surface area contributed by atoms with Gasteiger partial charge in [0.15, 0.2) is 0 Å². The monoisotopic (exact) mass is 337 g/mol. The van der Waals surface area contributed by atoms with Crippen LogP contribution in [0.15, 0.2) is 48.8 Å². The van der Waals surface area contributed by atoms with E-state index in [4.69, 9.17) is 0 Å². The fraction of sp³-hybridized carbons (Fsp3) is 0.350. The Hall–Kier alpha value is -2.69. The first-order chi connectivity index (χ1) is 12.1. The summed E-state index contributed by atoms with van der Waals surface area (Å²) in [4.78, 5) is 30.5. The van der Waals surface area contributed by atoms with Crippen molar-refractivity contribution in [2.45, 2.75) is 32.2 Å². The van der Waals surface area contributed by atoms with Gasteiger partial charge in [-0.3, -0.25) is 14.6 Å². The molecule has 1 aliphatic heterocycles. The van der Waals surface area contributed by atoms with Gasteiger partial charge >= 0.3 is 0 Å². The molecule has 0 bridgehead atoms. The number of amides is 2. The number of nitrogens with zero attached hydrogens (tertiary/aromatic N) is 2. The van der Waals surface area contributed by atoms with Crippen LogP contribution in [0.3, 0.4) is 0 Å². The first-order valence-corrected chi connectivity index (χ1v) is 8.66. The number of nitrogens with one attached hydrogen (secondary N) is 1. The maximum atomic E-state index is 12.4. The highest BCUT2D eigenvalue weighted by molar-refractivity contribution is 5.94. The van der Waals surface area contributed by atoms with Crippen molar-refractivity contribution in [3.63, 3.8) is 0 Å². The molecule has 1 aliphatic rings. The van der Waals surface area contributed by atoms with Crippen LogP contribution in [0.4, 0.5) is 0 Å². The quantitative estimate of drug-likeness (QED) is 0.931. The van der Waals surface area contributed by atoms with Crippen LogP contribution in [0.1, 0.15) is 34.3 Å². The van der Waals surface area contributed by atoms with Crippen LogP contribution in [-0.4, -0.2) is 40.8 Å². The second-order valence-electron chi connectivity index (χ2n) is 6.53. The zero-order valence-electron chi connectivity index (χ0n) is 14.4. The number of benzene rings is 1. The lowest BCUT2D eigenvalue weighted by Crippen LogP contribution is -2.47. The fourth-order valence-electron chi connectivity index (χ4n) is 3.03. The predicted molar refractivity (Wildman–Crippen MR) is 96.2 cm³/mol. The predicted octanol–water partition coefficient (Wildman–Crippen LogP) is 2.35. The molecule has 3 rings (SSSR count). The Morgan fingerprint density at radius 3 is 2.52 bits per heavy atom. The van der Waals surface area contributed by atoms with Crippen LogP contribution in [-0.2, 0) is 11.2 Å². The van der Waals surface area contributed by atoms with Crippen LogP contribution in [0.2, 0.25) is 0 Å². The minimum Gasteiger partial charge on any atom is -0.349 e. The second-order valence-corrected chi connectivity index (χ2v) is 6.53. The number of rotatable bonds is 4. The Morgan fingerprint density at radius 1 is 1.16 bits per heavy atom. The van der Waals surface area contributed by atoms with E-state index >= 15 is 0 Å². The third-order valence-corrected chi connectivity index (χ3v) is 4.58. The molecule has 5 nitrogen and oxygen atoms in total. The molecule has 1 fully saturated rings. The number of likely N-dealkylation sites (tertiary alicyclic amines) is 1. The van der Waals surface area contributed by atoms with E-state index in [1.54, 1.807) is 24.5 Å². The molecule has 0 unspecified atom stereocenters. The van der Waals surface area contributed by atoms with Crippen LogP contribution in [0, 0.1) is 6.92 Å². The highest BCUT2D eigenvalue weighted by atomic mass is 16.2. The van der Waals surface area contributed by atoms with E-state index in [9.17, 15) is 9.59 Å². The molecule has 1 saturated heterocycles. The molecule has 0 aliphatic carbocycles. The van der Waals surface area contributed by atoms with Crippen LogP contribution >= 0.6 is 0 Å². The molecule has 0 radical (unpaired) electrons. The molecule has 25 heavy (non-hydrogen) atoms. The van der Waals surface area contributed by atoms with Gasteiger partial charge in [0.05, 0.1) is 12.0 Å². The summed E-state index contributed by atoms with van der Waals surface area (Å²) in [6, 6.07) is 11.7. The zero-order valence-corrected chi connectivity index (χ0v) is 14.4. The third-order valence-electron chi connectivity index (χ3n) is 4.58. The molecule has 5 heteroatoms. The van der Waals surface area contributed by atoms with Gasteiger partial charge in [-0.25, -0.2) is 0 Å². The van der Waals surface area contributed by atoms with Gasteiger partial charge in [0.1, 0.15) is 0 Å². The maximum Gasteiger partial charge on any atom is 0.253 e. The van der Waals surface area contributed by atoms with E-state index in [2.05, 4.69) is 10.3 Å². The summed E-state index contributed by atoms with van der Waals surface area (Å²) in [5.74, 6) is 0.0541. The Bertz CT molecular complexity index is 720. The summed E-state index contributed by atoms with van der Waals surface area (Å²) < 4.78 is 0. The fourth-order valence-corrected chi connectivity index (χ4v) is 3.03. The summed E-state index contributed by atoms with van der Waals surface area (Å²) in [6.45, 7) is 3.40. The molecular formula is C20H23N3O2. The lowest BCUT2D eigenvalue weighted by atomic mass is 10.0. The number of hydrogen-bond acceptors (Lipinski definition) is 3. The van der Waals surface area contributed by atoms with E-state index in [1.807, 2.05) is 36.1 Å². The first-order valence-electron chi connectivity index (χ1n) is 8.66. The van der Waals surface area contributed by atoms with Gasteiger partial charge in [-0.1, -0.05) is 29.8 Å². The average molecular weight is 337 g/mol. The van der Waals surface area contributed by atoms with Gasteiger partial charge in [-0.2, -0.15) is 0 Å². The Labute approximate surface area is 148 Å². The number of piperidine rings is 1. The van der Waals surface area contributed by atoms with Crippen LogP contribution in [0.5, 0.6) is 0 Å². The minimum absolute atomic E-state index is 0.0995. The largest absolute Gasteiger partial charge is 0.349 e. The van der Waals surface area contributed by atoms with Crippen molar-refractivity contribution in [1.82, 2.24) is 15.2 Å². The molecule has 2 heterocycles. The van der Waals surface area contributed by atoms with Gasteiger partial charge in [0.2, 0.25) is 5.91 Å². The number of carbonyl (C=O) groups is 2. The molecule has 130 valence electrons. The Kier molecular flexibility index (Phi) is 5.43. The molecule has 0 saturated carbocycles. The number of carbonyl (C=O) groups excluding carboxylic acids is 2. The highest BCUT2D eigenvalue weighted by Crippen LogP contribution is 2.13. The highest BCUT2D eigenvalue weighted by Gasteiger charge is 2.24. The van der Waals surface area contributed by atoms with Crippen molar-refractivity contribution in [1.29, 1.82) is 0 Å². The Balaban J connectivity index is 1.47. The second kappa shape index (κ2) is 7.92. The lowest BCUT2D eigenvalue weighted by Gasteiger charge is -2.32. The van der Waals surface area contributed by atoms with Crippen molar-refractivity contribution in [2.75, 3.05) is 13.1 Å². The summed E-state index contributed by atoms with van der Waals surface area (Å²) in [6.07, 6.45) is 5.22. The third kappa shape index (κ3) is 4.66. The number of aromatic nitrogens is 1. The SMILES string of the molecule is Cc1ccc(CC(=O)N2CCC(NC(=O)c3cccnc3)CC2)cc1. The Morgan fingerprint density at radius 2 is 1.88 bits per heavy atom. The average Bonchev–Trinajstić information content (AvgIpc) is 2.65. The van der Waals surface area contributed by atoms with E-state index in [0.717, 1.165) is 18.4 Å². The van der Waals surface area contributed by atoms with Crippen molar-refractivity contribution < 1.29 is 9.59 Å². The number of pyridine rings is 1. The van der Waals surface area contributed by atoms with Gasteiger partial charge in [0.25, 0.3) is 5.91 Å². The summed E-state index contributed by atoms with van der Waals surface area (Å²) in [5, 5.41) is 3.03.